The number of ether oxygens (including phenoxy) is 3. The summed E-state index contributed by atoms with van der Waals surface area (Å²) in [6.45, 7) is 3.71. The number of carbonyl (C=O) groups excluding carboxylic acids is 1. The van der Waals surface area contributed by atoms with E-state index in [1.54, 1.807) is 7.11 Å². The largest absolute Gasteiger partial charge is 0.496 e. The summed E-state index contributed by atoms with van der Waals surface area (Å²) in [7, 11) is 1.65. The lowest BCUT2D eigenvalue weighted by Crippen LogP contribution is -2.45. The predicted octanol–water partition coefficient (Wildman–Crippen LogP) is 3.60. The minimum atomic E-state index is -0.780. The number of hydrogen-bond donors (Lipinski definition) is 0. The Hall–Kier alpha value is -2.53. The molecule has 5 rings (SSSR count). The van der Waals surface area contributed by atoms with Gasteiger partial charge in [-0.1, -0.05) is 18.2 Å². The molecule has 1 spiro atoms. The van der Waals surface area contributed by atoms with Gasteiger partial charge >= 0.3 is 0 Å². The fourth-order valence-electron chi connectivity index (χ4n) is 4.87. The molecule has 2 unspecified atom stereocenters. The second-order valence-corrected chi connectivity index (χ2v) is 7.93. The van der Waals surface area contributed by atoms with E-state index in [9.17, 15) is 4.79 Å². The minimum Gasteiger partial charge on any atom is -0.496 e. The van der Waals surface area contributed by atoms with Crippen molar-refractivity contribution in [2.45, 2.75) is 37.7 Å². The molecule has 0 aromatic heterocycles. The third-order valence-corrected chi connectivity index (χ3v) is 6.33. The van der Waals surface area contributed by atoms with Gasteiger partial charge in [0.15, 0.2) is 0 Å². The highest BCUT2D eigenvalue weighted by molar-refractivity contribution is 6.11. The molecule has 28 heavy (non-hydrogen) atoms. The number of amides is 1. The van der Waals surface area contributed by atoms with Gasteiger partial charge in [-0.3, -0.25) is 4.79 Å². The Balaban J connectivity index is 1.60. The Labute approximate surface area is 165 Å². The van der Waals surface area contributed by atoms with E-state index in [-0.39, 0.29) is 12.0 Å². The first-order valence-corrected chi connectivity index (χ1v) is 10.00. The van der Waals surface area contributed by atoms with E-state index in [1.807, 2.05) is 36.1 Å². The van der Waals surface area contributed by atoms with Gasteiger partial charge in [-0.2, -0.15) is 0 Å². The molecular formula is C23H25NO4. The second kappa shape index (κ2) is 6.52. The van der Waals surface area contributed by atoms with Crippen molar-refractivity contribution in [3.63, 3.8) is 0 Å². The number of fused-ring (bicyclic) bond motifs is 4. The number of benzene rings is 2. The van der Waals surface area contributed by atoms with Gasteiger partial charge in [0.1, 0.15) is 23.5 Å². The van der Waals surface area contributed by atoms with Crippen LogP contribution in [0.5, 0.6) is 11.5 Å². The maximum absolute atomic E-state index is 13.8. The van der Waals surface area contributed by atoms with Crippen LogP contribution in [0.2, 0.25) is 0 Å². The van der Waals surface area contributed by atoms with Crippen LogP contribution < -0.4 is 14.4 Å². The van der Waals surface area contributed by atoms with E-state index in [1.165, 1.54) is 0 Å². The first-order chi connectivity index (χ1) is 13.6. The summed E-state index contributed by atoms with van der Waals surface area (Å²) in [6.07, 6.45) is 3.36. The van der Waals surface area contributed by atoms with Gasteiger partial charge in [0.25, 0.3) is 0 Å². The molecule has 2 aromatic rings. The first kappa shape index (κ1) is 17.6. The molecule has 1 amide bonds. The third-order valence-electron chi connectivity index (χ3n) is 6.33. The van der Waals surface area contributed by atoms with Gasteiger partial charge in [0, 0.05) is 23.9 Å². The summed E-state index contributed by atoms with van der Waals surface area (Å²) < 4.78 is 17.4. The number of hydrogen-bond acceptors (Lipinski definition) is 4. The van der Waals surface area contributed by atoms with Gasteiger partial charge in [0.2, 0.25) is 5.91 Å². The van der Waals surface area contributed by atoms with Crippen LogP contribution in [0.4, 0.5) is 5.69 Å². The van der Waals surface area contributed by atoms with Crippen molar-refractivity contribution in [3.05, 3.63) is 53.1 Å². The Morgan fingerprint density at radius 2 is 2.07 bits per heavy atom. The zero-order valence-electron chi connectivity index (χ0n) is 16.4. The van der Waals surface area contributed by atoms with E-state index < -0.39 is 5.41 Å². The van der Waals surface area contributed by atoms with Gasteiger partial charge in [-0.05, 0) is 49.4 Å². The van der Waals surface area contributed by atoms with E-state index >= 15 is 0 Å². The minimum absolute atomic E-state index is 0.0891. The Morgan fingerprint density at radius 3 is 2.86 bits per heavy atom. The maximum Gasteiger partial charge on any atom is 0.245 e. The summed E-state index contributed by atoms with van der Waals surface area (Å²) in [5.41, 5.74) is 3.17. The fourth-order valence-corrected chi connectivity index (χ4v) is 4.87. The van der Waals surface area contributed by atoms with Crippen LogP contribution >= 0.6 is 0 Å². The lowest BCUT2D eigenvalue weighted by Gasteiger charge is -2.29. The molecule has 2 atom stereocenters. The average molecular weight is 379 g/mol. The highest BCUT2D eigenvalue weighted by Crippen LogP contribution is 2.53. The van der Waals surface area contributed by atoms with Crippen molar-refractivity contribution in [2.75, 3.05) is 31.8 Å². The zero-order chi connectivity index (χ0) is 19.3. The van der Waals surface area contributed by atoms with Crippen LogP contribution in [-0.2, 0) is 14.9 Å². The van der Waals surface area contributed by atoms with E-state index in [4.69, 9.17) is 14.2 Å². The van der Waals surface area contributed by atoms with Crippen LogP contribution in [-0.4, -0.2) is 38.9 Å². The van der Waals surface area contributed by atoms with Crippen molar-refractivity contribution in [3.8, 4) is 11.5 Å². The van der Waals surface area contributed by atoms with Gasteiger partial charge < -0.3 is 19.1 Å². The topological polar surface area (TPSA) is 48.0 Å². The lowest BCUT2D eigenvalue weighted by molar-refractivity contribution is -0.122. The summed E-state index contributed by atoms with van der Waals surface area (Å²) in [4.78, 5) is 15.8. The predicted molar refractivity (Wildman–Crippen MR) is 106 cm³/mol. The fraction of sp³-hybridized carbons (Fsp3) is 0.435. The van der Waals surface area contributed by atoms with Gasteiger partial charge in [-0.25, -0.2) is 0 Å². The molecule has 3 aliphatic heterocycles. The summed E-state index contributed by atoms with van der Waals surface area (Å²) >= 11 is 0. The van der Waals surface area contributed by atoms with Crippen molar-refractivity contribution in [2.24, 2.45) is 0 Å². The number of carbonyl (C=O) groups is 1. The molecule has 0 radical (unpaired) electrons. The molecule has 0 N–H and O–H groups in total. The summed E-state index contributed by atoms with van der Waals surface area (Å²) in [5, 5.41) is 0. The Bertz CT molecular complexity index is 934. The van der Waals surface area contributed by atoms with Crippen LogP contribution in [0.15, 0.2) is 36.4 Å². The Morgan fingerprint density at radius 1 is 1.21 bits per heavy atom. The number of nitrogens with zero attached hydrogens (tertiary/aromatic N) is 1. The van der Waals surface area contributed by atoms with Crippen molar-refractivity contribution in [1.82, 2.24) is 0 Å². The normalized spacial score (nSPS) is 25.6. The first-order valence-electron chi connectivity index (χ1n) is 10.00. The number of aryl methyl sites for hydroxylation is 1. The quantitative estimate of drug-likeness (QED) is 0.818. The number of para-hydroxylation sites is 1. The van der Waals surface area contributed by atoms with E-state index in [0.29, 0.717) is 13.2 Å². The van der Waals surface area contributed by atoms with Crippen molar-refractivity contribution < 1.29 is 19.0 Å². The van der Waals surface area contributed by atoms with Crippen molar-refractivity contribution in [1.29, 1.82) is 0 Å². The smallest absolute Gasteiger partial charge is 0.245 e. The van der Waals surface area contributed by atoms with Gasteiger partial charge in [-0.15, -0.1) is 0 Å². The molecule has 146 valence electrons. The second-order valence-electron chi connectivity index (χ2n) is 7.93. The maximum atomic E-state index is 13.8. The van der Waals surface area contributed by atoms with Gasteiger partial charge in [0.05, 0.1) is 19.8 Å². The highest BCUT2D eigenvalue weighted by atomic mass is 16.5. The molecule has 0 aliphatic carbocycles. The van der Waals surface area contributed by atoms with Crippen LogP contribution in [0.1, 0.15) is 36.0 Å². The molecule has 3 aliphatic rings. The van der Waals surface area contributed by atoms with E-state index in [2.05, 4.69) is 12.1 Å². The zero-order valence-corrected chi connectivity index (χ0v) is 16.4. The van der Waals surface area contributed by atoms with Crippen LogP contribution in [0.3, 0.4) is 0 Å². The molecule has 2 aromatic carbocycles. The third kappa shape index (κ3) is 2.39. The number of anilines is 1. The molecule has 3 heterocycles. The summed E-state index contributed by atoms with van der Waals surface area (Å²) in [5.74, 6) is 1.61. The average Bonchev–Trinajstić information content (AvgIpc) is 3.21. The van der Waals surface area contributed by atoms with Crippen LogP contribution in [0.25, 0.3) is 0 Å². The monoisotopic (exact) mass is 379 g/mol. The molecule has 1 saturated heterocycles. The Kier molecular flexibility index (Phi) is 4.09. The molecule has 0 saturated carbocycles. The lowest BCUT2D eigenvalue weighted by atomic mass is 9.76. The van der Waals surface area contributed by atoms with Crippen molar-refractivity contribution >= 4 is 11.6 Å². The van der Waals surface area contributed by atoms with E-state index in [0.717, 1.165) is 59.7 Å². The molecule has 0 bridgehead atoms. The molecule has 1 fully saturated rings. The number of methoxy groups -OCH3 is 1. The molecule has 5 heteroatoms. The standard InChI is InChI=1S/C23H25NO4/c1-15-11-18-21(12-20(15)26-2)28-14-23(18)17-8-3-4-9-19(17)24(22(23)25)13-16-7-5-6-10-27-16/h3-4,8-9,11-12,16H,5-7,10,13-14H2,1-2H3. The summed E-state index contributed by atoms with van der Waals surface area (Å²) in [6, 6.07) is 12.1. The van der Waals surface area contributed by atoms with Crippen LogP contribution in [0, 0.1) is 6.92 Å². The molecular weight excluding hydrogens is 354 g/mol. The SMILES string of the molecule is COc1cc2c(cc1C)C1(CO2)C(=O)N(CC2CCCCO2)c2ccccc21. The highest BCUT2D eigenvalue weighted by Gasteiger charge is 2.57. The number of rotatable bonds is 3. The molecule has 5 nitrogen and oxygen atoms in total.